The highest BCUT2D eigenvalue weighted by Crippen LogP contribution is 2.15. The first-order chi connectivity index (χ1) is 18.0. The molecule has 1 amide bonds. The zero-order valence-electron chi connectivity index (χ0n) is 24.5. The number of nitrogens with one attached hydrogen (secondary N) is 1. The van der Waals surface area contributed by atoms with E-state index in [-0.39, 0.29) is 5.91 Å². The van der Waals surface area contributed by atoms with Gasteiger partial charge < -0.3 is 15.5 Å². The number of unbranched alkanes of at least 4 members (excludes halogenated alkanes) is 19. The number of amides is 1. The van der Waals surface area contributed by atoms with Crippen molar-refractivity contribution in [1.82, 2.24) is 5.32 Å². The van der Waals surface area contributed by atoms with Crippen LogP contribution in [0.15, 0.2) is 0 Å². The average Bonchev–Trinajstić information content (AvgIpc) is 2.87. The summed E-state index contributed by atoms with van der Waals surface area (Å²) >= 11 is 1.42. The summed E-state index contributed by atoms with van der Waals surface area (Å²) in [5, 5.41) is 22.3. The number of carbonyl (C=O) groups excluding carboxylic acids is 1. The van der Waals surface area contributed by atoms with Gasteiger partial charge in [-0.3, -0.25) is 4.79 Å². The van der Waals surface area contributed by atoms with Crippen molar-refractivity contribution in [2.24, 2.45) is 0 Å². The van der Waals surface area contributed by atoms with Gasteiger partial charge in [-0.15, -0.1) is 0 Å². The van der Waals surface area contributed by atoms with Crippen LogP contribution in [0.1, 0.15) is 162 Å². The Morgan fingerprint density at radius 1 is 0.622 bits per heavy atom. The van der Waals surface area contributed by atoms with Crippen LogP contribution in [0, 0.1) is 0 Å². The molecule has 3 N–H and O–H groups in total. The van der Waals surface area contributed by atoms with Gasteiger partial charge in [0.25, 0.3) is 0 Å². The molecule has 0 rings (SSSR count). The van der Waals surface area contributed by atoms with Gasteiger partial charge in [0.05, 0.1) is 6.10 Å². The lowest BCUT2D eigenvalue weighted by Crippen LogP contribution is -2.42. The van der Waals surface area contributed by atoms with E-state index in [0.29, 0.717) is 17.9 Å². The van der Waals surface area contributed by atoms with Crippen molar-refractivity contribution in [3.05, 3.63) is 0 Å². The molecular formula is C31H61NO4S. The van der Waals surface area contributed by atoms with E-state index in [2.05, 4.69) is 19.2 Å². The highest BCUT2D eigenvalue weighted by molar-refractivity contribution is 7.99. The summed E-state index contributed by atoms with van der Waals surface area (Å²) in [5.41, 5.74) is 0. The number of hydrogen-bond donors (Lipinski definition) is 3. The summed E-state index contributed by atoms with van der Waals surface area (Å²) in [4.78, 5) is 23.8. The lowest BCUT2D eigenvalue weighted by Gasteiger charge is -2.16. The van der Waals surface area contributed by atoms with Crippen LogP contribution in [-0.4, -0.2) is 45.7 Å². The highest BCUT2D eigenvalue weighted by atomic mass is 32.2. The maximum atomic E-state index is 12.2. The molecule has 0 saturated heterocycles. The molecule has 0 radical (unpaired) electrons. The first-order valence-electron chi connectivity index (χ1n) is 15.8. The van der Waals surface area contributed by atoms with Crippen LogP contribution in [0.25, 0.3) is 0 Å². The largest absolute Gasteiger partial charge is 0.480 e. The number of aliphatic carboxylic acids is 1. The Morgan fingerprint density at radius 3 is 1.46 bits per heavy atom. The summed E-state index contributed by atoms with van der Waals surface area (Å²) in [6.45, 7) is 4.49. The van der Waals surface area contributed by atoms with E-state index in [0.717, 1.165) is 38.5 Å². The molecular weight excluding hydrogens is 482 g/mol. The minimum absolute atomic E-state index is 0.171. The minimum atomic E-state index is -0.997. The van der Waals surface area contributed by atoms with E-state index in [9.17, 15) is 19.8 Å². The normalized spacial score (nSPS) is 12.9. The minimum Gasteiger partial charge on any atom is -0.480 e. The van der Waals surface area contributed by atoms with Gasteiger partial charge in [-0.25, -0.2) is 4.79 Å². The van der Waals surface area contributed by atoms with Gasteiger partial charge in [-0.05, 0) is 12.8 Å². The van der Waals surface area contributed by atoms with Crippen molar-refractivity contribution in [2.75, 3.05) is 11.5 Å². The van der Waals surface area contributed by atoms with Gasteiger partial charge in [-0.1, -0.05) is 142 Å². The Balaban J connectivity index is 3.68. The van der Waals surface area contributed by atoms with Gasteiger partial charge in [0.15, 0.2) is 0 Å². The van der Waals surface area contributed by atoms with E-state index in [1.165, 1.54) is 114 Å². The van der Waals surface area contributed by atoms with Crippen LogP contribution in [-0.2, 0) is 9.59 Å². The standard InChI is InChI=1S/C31H61NO4S/c1-3-5-7-9-11-13-14-15-16-17-19-21-23-25-30(34)32-29(31(35)36)27-37-26-28(33)24-22-20-18-12-10-8-6-4-2/h28-29,33H,3-27H2,1-2H3,(H,32,34)(H,35,36)/t28-,29-/m0/s1. The van der Waals surface area contributed by atoms with E-state index in [1.807, 2.05) is 0 Å². The van der Waals surface area contributed by atoms with E-state index in [4.69, 9.17) is 0 Å². The Labute approximate surface area is 233 Å². The molecule has 37 heavy (non-hydrogen) atoms. The second-order valence-corrected chi connectivity index (χ2v) is 12.0. The first-order valence-corrected chi connectivity index (χ1v) is 16.9. The number of carbonyl (C=O) groups is 2. The van der Waals surface area contributed by atoms with Crippen LogP contribution in [0.5, 0.6) is 0 Å². The molecule has 220 valence electrons. The highest BCUT2D eigenvalue weighted by Gasteiger charge is 2.20. The predicted octanol–water partition coefficient (Wildman–Crippen LogP) is 8.66. The van der Waals surface area contributed by atoms with Crippen molar-refractivity contribution in [3.63, 3.8) is 0 Å². The molecule has 2 atom stereocenters. The molecule has 0 aromatic carbocycles. The van der Waals surface area contributed by atoms with E-state index in [1.54, 1.807) is 0 Å². The lowest BCUT2D eigenvalue weighted by atomic mass is 10.0. The fraction of sp³-hybridized carbons (Fsp3) is 0.935. The SMILES string of the molecule is CCCCCCCCCCCCCCCC(=O)N[C@@H](CSC[C@@H](O)CCCCCCCCCC)C(=O)O. The summed E-state index contributed by atoms with van der Waals surface area (Å²) < 4.78 is 0. The molecule has 0 bridgehead atoms. The number of aliphatic hydroxyl groups excluding tert-OH is 1. The third-order valence-electron chi connectivity index (χ3n) is 7.13. The number of rotatable bonds is 29. The smallest absolute Gasteiger partial charge is 0.327 e. The van der Waals surface area contributed by atoms with Gasteiger partial charge >= 0.3 is 5.97 Å². The second-order valence-electron chi connectivity index (χ2n) is 10.9. The topological polar surface area (TPSA) is 86.6 Å². The fourth-order valence-electron chi connectivity index (χ4n) is 4.66. The molecule has 6 heteroatoms. The van der Waals surface area contributed by atoms with Crippen molar-refractivity contribution in [1.29, 1.82) is 0 Å². The third kappa shape index (κ3) is 26.6. The van der Waals surface area contributed by atoms with Crippen molar-refractivity contribution >= 4 is 23.6 Å². The maximum absolute atomic E-state index is 12.2. The van der Waals surface area contributed by atoms with Crippen LogP contribution in [0.4, 0.5) is 0 Å². The van der Waals surface area contributed by atoms with E-state index < -0.39 is 18.1 Å². The zero-order valence-corrected chi connectivity index (χ0v) is 25.3. The molecule has 0 saturated carbocycles. The summed E-state index contributed by atoms with van der Waals surface area (Å²) in [7, 11) is 0. The molecule has 0 aliphatic heterocycles. The molecule has 0 unspecified atom stereocenters. The fourth-order valence-corrected chi connectivity index (χ4v) is 5.70. The molecule has 5 nitrogen and oxygen atoms in total. The summed E-state index contributed by atoms with van der Waals surface area (Å²) in [5.74, 6) is -0.345. The Morgan fingerprint density at radius 2 is 1.03 bits per heavy atom. The molecule has 0 aromatic rings. The molecule has 0 spiro atoms. The van der Waals surface area contributed by atoms with Crippen LogP contribution >= 0.6 is 11.8 Å². The van der Waals surface area contributed by atoms with Gasteiger partial charge in [-0.2, -0.15) is 11.8 Å². The molecule has 0 fully saturated rings. The number of thioether (sulfide) groups is 1. The monoisotopic (exact) mass is 543 g/mol. The summed E-state index contributed by atoms with van der Waals surface area (Å²) in [6.07, 6.45) is 27.1. The zero-order chi connectivity index (χ0) is 27.4. The average molecular weight is 544 g/mol. The third-order valence-corrected chi connectivity index (χ3v) is 8.32. The number of carboxylic acids is 1. The molecule has 0 heterocycles. The Kier molecular flexibility index (Phi) is 27.7. The van der Waals surface area contributed by atoms with Crippen LogP contribution in [0.3, 0.4) is 0 Å². The van der Waals surface area contributed by atoms with Crippen molar-refractivity contribution < 1.29 is 19.8 Å². The van der Waals surface area contributed by atoms with Crippen molar-refractivity contribution in [3.8, 4) is 0 Å². The number of carboxylic acid groups (broad SMARTS) is 1. The van der Waals surface area contributed by atoms with E-state index >= 15 is 0 Å². The van der Waals surface area contributed by atoms with Crippen LogP contribution < -0.4 is 5.32 Å². The van der Waals surface area contributed by atoms with Gasteiger partial charge in [0, 0.05) is 17.9 Å². The molecule has 0 aliphatic carbocycles. The van der Waals surface area contributed by atoms with Crippen molar-refractivity contribution in [2.45, 2.75) is 174 Å². The van der Waals surface area contributed by atoms with Gasteiger partial charge in [0.1, 0.15) is 6.04 Å². The Hall–Kier alpha value is -0.750. The predicted molar refractivity (Wildman–Crippen MR) is 160 cm³/mol. The maximum Gasteiger partial charge on any atom is 0.327 e. The molecule has 0 aliphatic rings. The number of aliphatic hydroxyl groups is 1. The molecule has 0 aromatic heterocycles. The second kappa shape index (κ2) is 28.3. The quantitative estimate of drug-likeness (QED) is 0.0822. The van der Waals surface area contributed by atoms with Crippen LogP contribution in [0.2, 0.25) is 0 Å². The summed E-state index contributed by atoms with van der Waals surface area (Å²) in [6, 6.07) is -0.880. The first kappa shape index (κ1) is 36.2. The number of hydrogen-bond acceptors (Lipinski definition) is 4. The Bertz CT molecular complexity index is 517. The van der Waals surface area contributed by atoms with Gasteiger partial charge in [0.2, 0.25) is 5.91 Å². The lowest BCUT2D eigenvalue weighted by molar-refractivity contribution is -0.141.